The molecule has 1 aromatic carbocycles. The van der Waals surface area contributed by atoms with Crippen LogP contribution >= 0.6 is 0 Å². The number of allylic oxidation sites excluding steroid dienone is 1. The van der Waals surface area contributed by atoms with Crippen LogP contribution in [0.2, 0.25) is 0 Å². The van der Waals surface area contributed by atoms with Crippen LogP contribution in [0, 0.1) is 17.3 Å². The average molecular weight is 498 g/mol. The van der Waals surface area contributed by atoms with E-state index in [0.29, 0.717) is 43.3 Å². The van der Waals surface area contributed by atoms with E-state index in [2.05, 4.69) is 24.8 Å². The summed E-state index contributed by atoms with van der Waals surface area (Å²) in [6, 6.07) is 9.52. The number of para-hydroxylation sites is 1. The Morgan fingerprint density at radius 1 is 1.08 bits per heavy atom. The Hall–Kier alpha value is -2.54. The Labute approximate surface area is 216 Å². The summed E-state index contributed by atoms with van der Waals surface area (Å²) in [5.74, 6) is 2.08. The lowest BCUT2D eigenvalue weighted by atomic mass is 9.49. The summed E-state index contributed by atoms with van der Waals surface area (Å²) in [6.45, 7) is 15.4. The number of carbonyl (C=O) groups is 2. The van der Waals surface area contributed by atoms with E-state index in [9.17, 15) is 9.59 Å². The minimum absolute atomic E-state index is 0.0198. The number of hydrogen-bond acceptors (Lipinski definition) is 5. The number of rotatable bonds is 8. The molecule has 7 nitrogen and oxygen atoms in total. The molecule has 198 valence electrons. The largest absolute Gasteiger partial charge is 0.484 e. The number of benzene rings is 1. The van der Waals surface area contributed by atoms with Crippen LogP contribution in [-0.2, 0) is 9.53 Å². The van der Waals surface area contributed by atoms with E-state index in [0.717, 1.165) is 32.0 Å². The van der Waals surface area contributed by atoms with Gasteiger partial charge in [0.2, 0.25) is 0 Å². The molecule has 0 spiro atoms. The van der Waals surface area contributed by atoms with Gasteiger partial charge in [-0.05, 0) is 63.0 Å². The molecule has 2 fully saturated rings. The molecule has 0 N–H and O–H groups in total. The van der Waals surface area contributed by atoms with Crippen molar-refractivity contribution in [3.63, 3.8) is 0 Å². The predicted molar refractivity (Wildman–Crippen MR) is 141 cm³/mol. The van der Waals surface area contributed by atoms with Crippen molar-refractivity contribution in [2.75, 3.05) is 52.4 Å². The lowest BCUT2D eigenvalue weighted by Crippen LogP contribution is -2.53. The van der Waals surface area contributed by atoms with Gasteiger partial charge in [-0.1, -0.05) is 43.7 Å². The molecule has 36 heavy (non-hydrogen) atoms. The molecule has 2 amide bonds. The minimum Gasteiger partial charge on any atom is -0.484 e. The first-order chi connectivity index (χ1) is 17.0. The lowest BCUT2D eigenvalue weighted by molar-refractivity contribution is -0.133. The number of ether oxygens (including phenoxy) is 2. The SMILES string of the molecule is CC(C)(C)OC(=O)N1CCN(CCN(CC2=CCC3CC2C3(C)C)C(=O)COc2ccccc2)CC1. The number of amides is 2. The highest BCUT2D eigenvalue weighted by molar-refractivity contribution is 5.78. The molecule has 1 aliphatic heterocycles. The molecule has 3 aliphatic carbocycles. The second-order valence-electron chi connectivity index (χ2n) is 12.0. The third kappa shape index (κ3) is 6.41. The van der Waals surface area contributed by atoms with Gasteiger partial charge in [0.15, 0.2) is 6.61 Å². The molecule has 2 unspecified atom stereocenters. The molecule has 1 aromatic rings. The van der Waals surface area contributed by atoms with E-state index in [1.165, 1.54) is 12.0 Å². The van der Waals surface area contributed by atoms with Crippen molar-refractivity contribution in [2.45, 2.75) is 53.1 Å². The summed E-state index contributed by atoms with van der Waals surface area (Å²) in [5.41, 5.74) is 1.25. The highest BCUT2D eigenvalue weighted by atomic mass is 16.6. The first-order valence-electron chi connectivity index (χ1n) is 13.4. The van der Waals surface area contributed by atoms with E-state index in [-0.39, 0.29) is 18.6 Å². The summed E-state index contributed by atoms with van der Waals surface area (Å²) in [4.78, 5) is 31.8. The van der Waals surface area contributed by atoms with E-state index >= 15 is 0 Å². The quantitative estimate of drug-likeness (QED) is 0.497. The Kier molecular flexibility index (Phi) is 7.98. The van der Waals surface area contributed by atoms with Gasteiger partial charge in [0.25, 0.3) is 5.91 Å². The highest BCUT2D eigenvalue weighted by Gasteiger charge is 2.51. The van der Waals surface area contributed by atoms with Crippen LogP contribution in [0.25, 0.3) is 0 Å². The fourth-order valence-corrected chi connectivity index (χ4v) is 5.66. The van der Waals surface area contributed by atoms with Crippen LogP contribution < -0.4 is 4.74 Å². The van der Waals surface area contributed by atoms with Gasteiger partial charge in [0, 0.05) is 45.8 Å². The third-order valence-corrected chi connectivity index (χ3v) is 8.12. The van der Waals surface area contributed by atoms with E-state index < -0.39 is 5.60 Å². The van der Waals surface area contributed by atoms with E-state index in [1.54, 1.807) is 4.90 Å². The number of nitrogens with zero attached hydrogens (tertiary/aromatic N) is 3. The van der Waals surface area contributed by atoms with Crippen molar-refractivity contribution in [1.82, 2.24) is 14.7 Å². The molecule has 1 saturated carbocycles. The van der Waals surface area contributed by atoms with Crippen molar-refractivity contribution in [1.29, 1.82) is 0 Å². The normalized spacial score (nSPS) is 23.4. The molecule has 2 bridgehead atoms. The van der Waals surface area contributed by atoms with Crippen molar-refractivity contribution in [3.05, 3.63) is 42.0 Å². The maximum absolute atomic E-state index is 13.3. The highest BCUT2D eigenvalue weighted by Crippen LogP contribution is 2.59. The summed E-state index contributed by atoms with van der Waals surface area (Å²) in [7, 11) is 0. The molecule has 0 aromatic heterocycles. The maximum atomic E-state index is 13.3. The standard InChI is InChI=1S/C29H43N3O4/c1-28(2,3)36-27(34)31-16-13-30(14-17-31)15-18-32(26(33)21-35-24-9-7-6-8-10-24)20-22-11-12-23-19-25(22)29(23,4)5/h6-11,23,25H,12-21H2,1-5H3. The Balaban J connectivity index is 1.33. The molecule has 2 atom stereocenters. The van der Waals surface area contributed by atoms with Crippen LogP contribution in [0.1, 0.15) is 47.5 Å². The third-order valence-electron chi connectivity index (χ3n) is 8.12. The fraction of sp³-hybridized carbons (Fsp3) is 0.655. The summed E-state index contributed by atoms with van der Waals surface area (Å²) in [5, 5.41) is 0. The Bertz CT molecular complexity index is 945. The lowest BCUT2D eigenvalue weighted by Gasteiger charge is -2.57. The Morgan fingerprint density at radius 2 is 1.78 bits per heavy atom. The van der Waals surface area contributed by atoms with Crippen LogP contribution in [0.3, 0.4) is 0 Å². The maximum Gasteiger partial charge on any atom is 0.410 e. The van der Waals surface area contributed by atoms with Gasteiger partial charge in [0.05, 0.1) is 0 Å². The Morgan fingerprint density at radius 3 is 2.39 bits per heavy atom. The van der Waals surface area contributed by atoms with Crippen molar-refractivity contribution >= 4 is 12.0 Å². The van der Waals surface area contributed by atoms with Gasteiger partial charge in [-0.25, -0.2) is 4.79 Å². The molecule has 1 saturated heterocycles. The number of carbonyl (C=O) groups excluding carboxylic acids is 2. The molecule has 1 heterocycles. The van der Waals surface area contributed by atoms with E-state index in [1.807, 2.05) is 56.0 Å². The first kappa shape index (κ1) is 26.5. The van der Waals surface area contributed by atoms with E-state index in [4.69, 9.17) is 9.47 Å². The van der Waals surface area contributed by atoms with Gasteiger partial charge < -0.3 is 19.3 Å². The van der Waals surface area contributed by atoms with Crippen LogP contribution in [0.5, 0.6) is 5.75 Å². The predicted octanol–water partition coefficient (Wildman–Crippen LogP) is 4.44. The van der Waals surface area contributed by atoms with Gasteiger partial charge in [-0.2, -0.15) is 0 Å². The number of fused-ring (bicyclic) bond motifs is 1. The van der Waals surface area contributed by atoms with Crippen molar-refractivity contribution in [2.24, 2.45) is 17.3 Å². The smallest absolute Gasteiger partial charge is 0.410 e. The average Bonchev–Trinajstić information content (AvgIpc) is 2.85. The monoisotopic (exact) mass is 497 g/mol. The molecular weight excluding hydrogens is 454 g/mol. The first-order valence-corrected chi connectivity index (χ1v) is 13.4. The summed E-state index contributed by atoms with van der Waals surface area (Å²) < 4.78 is 11.3. The van der Waals surface area contributed by atoms with Gasteiger partial charge in [-0.3, -0.25) is 9.69 Å². The van der Waals surface area contributed by atoms with Gasteiger partial charge >= 0.3 is 6.09 Å². The molecule has 4 aliphatic rings. The zero-order chi connectivity index (χ0) is 25.9. The van der Waals surface area contributed by atoms with Crippen LogP contribution in [-0.4, -0.2) is 84.7 Å². The molecular formula is C29H43N3O4. The van der Waals surface area contributed by atoms with Crippen LogP contribution in [0.15, 0.2) is 42.0 Å². The van der Waals surface area contributed by atoms with Crippen molar-refractivity contribution in [3.8, 4) is 5.75 Å². The summed E-state index contributed by atoms with van der Waals surface area (Å²) in [6.07, 6.45) is 4.49. The molecule has 5 rings (SSSR count). The minimum atomic E-state index is -0.486. The number of hydrogen-bond donors (Lipinski definition) is 0. The fourth-order valence-electron chi connectivity index (χ4n) is 5.66. The summed E-state index contributed by atoms with van der Waals surface area (Å²) >= 11 is 0. The zero-order valence-corrected chi connectivity index (χ0v) is 22.7. The number of piperazine rings is 1. The molecule has 0 radical (unpaired) electrons. The zero-order valence-electron chi connectivity index (χ0n) is 22.7. The second-order valence-corrected chi connectivity index (χ2v) is 12.0. The second kappa shape index (κ2) is 10.8. The van der Waals surface area contributed by atoms with Crippen molar-refractivity contribution < 1.29 is 19.1 Å². The molecule has 7 heteroatoms. The van der Waals surface area contributed by atoms with Crippen LogP contribution in [0.4, 0.5) is 4.79 Å². The van der Waals surface area contributed by atoms with Gasteiger partial charge in [0.1, 0.15) is 11.4 Å². The topological polar surface area (TPSA) is 62.3 Å². The van der Waals surface area contributed by atoms with Gasteiger partial charge in [-0.15, -0.1) is 0 Å².